The summed E-state index contributed by atoms with van der Waals surface area (Å²) in [6, 6.07) is 7.52. The van der Waals surface area contributed by atoms with E-state index in [9.17, 15) is 0 Å². The summed E-state index contributed by atoms with van der Waals surface area (Å²) in [5.74, 6) is 2.57. The molecule has 6 nitrogen and oxygen atoms in total. The van der Waals surface area contributed by atoms with Gasteiger partial charge in [-0.3, -0.25) is 0 Å². The van der Waals surface area contributed by atoms with Crippen LogP contribution in [0.3, 0.4) is 0 Å². The molecule has 3 rings (SSSR count). The molecule has 0 aliphatic carbocycles. The standard InChI is InChI=1S/C17H18N4O2/c1-10(2)15-18-9-13(11(3)19-15)17-21-20-16(23-17)12-7-5-6-8-14(12)22-4/h5-10H,1-4H3. The molecule has 0 aliphatic rings. The Labute approximate surface area is 134 Å². The molecule has 23 heavy (non-hydrogen) atoms. The van der Waals surface area contributed by atoms with E-state index >= 15 is 0 Å². The van der Waals surface area contributed by atoms with Gasteiger partial charge in [-0.05, 0) is 19.1 Å². The highest BCUT2D eigenvalue weighted by Crippen LogP contribution is 2.31. The summed E-state index contributed by atoms with van der Waals surface area (Å²) in [5.41, 5.74) is 2.31. The summed E-state index contributed by atoms with van der Waals surface area (Å²) in [7, 11) is 1.61. The number of para-hydroxylation sites is 1. The molecule has 0 amide bonds. The second kappa shape index (κ2) is 6.16. The Morgan fingerprint density at radius 3 is 2.39 bits per heavy atom. The fraction of sp³-hybridized carbons (Fsp3) is 0.294. The van der Waals surface area contributed by atoms with Crippen molar-refractivity contribution in [1.82, 2.24) is 20.2 Å². The molecule has 0 saturated heterocycles. The zero-order chi connectivity index (χ0) is 16.4. The van der Waals surface area contributed by atoms with Gasteiger partial charge in [-0.1, -0.05) is 26.0 Å². The Kier molecular flexibility index (Phi) is 4.06. The maximum absolute atomic E-state index is 5.80. The van der Waals surface area contributed by atoms with E-state index in [4.69, 9.17) is 9.15 Å². The van der Waals surface area contributed by atoms with Gasteiger partial charge in [0, 0.05) is 12.1 Å². The molecule has 0 fully saturated rings. The quantitative estimate of drug-likeness (QED) is 0.732. The minimum absolute atomic E-state index is 0.273. The molecular formula is C17H18N4O2. The van der Waals surface area contributed by atoms with Gasteiger partial charge in [0.25, 0.3) is 11.8 Å². The first-order valence-electron chi connectivity index (χ1n) is 7.41. The van der Waals surface area contributed by atoms with Crippen LogP contribution in [0.1, 0.15) is 31.3 Å². The van der Waals surface area contributed by atoms with E-state index in [-0.39, 0.29) is 5.92 Å². The van der Waals surface area contributed by atoms with Gasteiger partial charge < -0.3 is 9.15 Å². The van der Waals surface area contributed by atoms with Crippen molar-refractivity contribution in [3.8, 4) is 28.7 Å². The summed E-state index contributed by atoms with van der Waals surface area (Å²) < 4.78 is 11.1. The first-order chi connectivity index (χ1) is 11.1. The van der Waals surface area contributed by atoms with Crippen molar-refractivity contribution >= 4 is 0 Å². The maximum atomic E-state index is 5.80. The van der Waals surface area contributed by atoms with Crippen molar-refractivity contribution in [3.63, 3.8) is 0 Å². The molecule has 2 aromatic heterocycles. The van der Waals surface area contributed by atoms with Gasteiger partial charge in [-0.15, -0.1) is 10.2 Å². The second-order valence-corrected chi connectivity index (χ2v) is 5.49. The molecule has 0 N–H and O–H groups in total. The van der Waals surface area contributed by atoms with Crippen molar-refractivity contribution in [2.45, 2.75) is 26.7 Å². The lowest BCUT2D eigenvalue weighted by molar-refractivity contribution is 0.414. The molecule has 0 atom stereocenters. The van der Waals surface area contributed by atoms with Gasteiger partial charge in [-0.2, -0.15) is 0 Å². The monoisotopic (exact) mass is 310 g/mol. The van der Waals surface area contributed by atoms with E-state index in [0.29, 0.717) is 17.5 Å². The van der Waals surface area contributed by atoms with Crippen LogP contribution in [-0.4, -0.2) is 27.3 Å². The molecule has 0 saturated carbocycles. The second-order valence-electron chi connectivity index (χ2n) is 5.49. The number of aryl methyl sites for hydroxylation is 1. The first kappa shape index (κ1) is 15.1. The van der Waals surface area contributed by atoms with Crippen LogP contribution < -0.4 is 4.74 Å². The highest BCUT2D eigenvalue weighted by molar-refractivity contribution is 5.64. The van der Waals surface area contributed by atoms with E-state index < -0.39 is 0 Å². The Morgan fingerprint density at radius 2 is 1.74 bits per heavy atom. The molecule has 0 aliphatic heterocycles. The normalized spacial score (nSPS) is 11.0. The number of benzene rings is 1. The van der Waals surface area contributed by atoms with Crippen LogP contribution in [0.25, 0.3) is 22.9 Å². The predicted octanol–water partition coefficient (Wildman–Crippen LogP) is 3.63. The van der Waals surface area contributed by atoms with Crippen molar-refractivity contribution in [3.05, 3.63) is 42.0 Å². The summed E-state index contributed by atoms with van der Waals surface area (Å²) in [6.07, 6.45) is 1.73. The minimum atomic E-state index is 0.273. The average molecular weight is 310 g/mol. The molecule has 0 radical (unpaired) electrons. The van der Waals surface area contributed by atoms with Crippen LogP contribution in [0.5, 0.6) is 5.75 Å². The topological polar surface area (TPSA) is 73.9 Å². The molecule has 1 aromatic carbocycles. The zero-order valence-corrected chi connectivity index (χ0v) is 13.6. The lowest BCUT2D eigenvalue weighted by Gasteiger charge is -2.06. The van der Waals surface area contributed by atoms with Crippen LogP contribution in [0, 0.1) is 6.92 Å². The van der Waals surface area contributed by atoms with Gasteiger partial charge in [-0.25, -0.2) is 9.97 Å². The number of aromatic nitrogens is 4. The van der Waals surface area contributed by atoms with Gasteiger partial charge in [0.15, 0.2) is 0 Å². The molecule has 6 heteroatoms. The number of nitrogens with zero attached hydrogens (tertiary/aromatic N) is 4. The Hall–Kier alpha value is -2.76. The number of rotatable bonds is 4. The maximum Gasteiger partial charge on any atom is 0.251 e. The SMILES string of the molecule is COc1ccccc1-c1nnc(-c2cnc(C(C)C)nc2C)o1. The largest absolute Gasteiger partial charge is 0.496 e. The number of hydrogen-bond donors (Lipinski definition) is 0. The summed E-state index contributed by atoms with van der Waals surface area (Å²) >= 11 is 0. The van der Waals surface area contributed by atoms with E-state index in [1.165, 1.54) is 0 Å². The van der Waals surface area contributed by atoms with Gasteiger partial charge in [0.1, 0.15) is 11.6 Å². The van der Waals surface area contributed by atoms with Crippen LogP contribution in [0.15, 0.2) is 34.9 Å². The van der Waals surface area contributed by atoms with Crippen molar-refractivity contribution in [2.75, 3.05) is 7.11 Å². The Balaban J connectivity index is 1.99. The third-order valence-corrected chi connectivity index (χ3v) is 3.51. The van der Waals surface area contributed by atoms with E-state index in [0.717, 1.165) is 22.6 Å². The Morgan fingerprint density at radius 1 is 1.04 bits per heavy atom. The number of hydrogen-bond acceptors (Lipinski definition) is 6. The summed E-state index contributed by atoms with van der Waals surface area (Å²) in [4.78, 5) is 8.87. The molecule has 0 spiro atoms. The minimum Gasteiger partial charge on any atom is -0.496 e. The number of methoxy groups -OCH3 is 1. The predicted molar refractivity (Wildman–Crippen MR) is 86.1 cm³/mol. The van der Waals surface area contributed by atoms with Gasteiger partial charge >= 0.3 is 0 Å². The van der Waals surface area contributed by atoms with Gasteiger partial charge in [0.05, 0.1) is 23.9 Å². The van der Waals surface area contributed by atoms with E-state index in [2.05, 4.69) is 34.0 Å². The zero-order valence-electron chi connectivity index (χ0n) is 13.6. The molecule has 0 bridgehead atoms. The molecule has 118 valence electrons. The fourth-order valence-corrected chi connectivity index (χ4v) is 2.24. The third kappa shape index (κ3) is 2.92. The lowest BCUT2D eigenvalue weighted by atomic mass is 10.2. The summed E-state index contributed by atoms with van der Waals surface area (Å²) in [5, 5.41) is 8.24. The van der Waals surface area contributed by atoms with E-state index in [1.807, 2.05) is 31.2 Å². The van der Waals surface area contributed by atoms with Crippen molar-refractivity contribution in [1.29, 1.82) is 0 Å². The lowest BCUT2D eigenvalue weighted by Crippen LogP contribution is -2.00. The van der Waals surface area contributed by atoms with Crippen LogP contribution in [0.2, 0.25) is 0 Å². The Bertz CT molecular complexity index is 827. The number of ether oxygens (including phenoxy) is 1. The molecule has 0 unspecified atom stereocenters. The smallest absolute Gasteiger partial charge is 0.251 e. The molecular weight excluding hydrogens is 292 g/mol. The summed E-state index contributed by atoms with van der Waals surface area (Å²) in [6.45, 7) is 6.03. The molecule has 2 heterocycles. The van der Waals surface area contributed by atoms with Crippen LogP contribution in [-0.2, 0) is 0 Å². The van der Waals surface area contributed by atoms with Crippen molar-refractivity contribution < 1.29 is 9.15 Å². The highest BCUT2D eigenvalue weighted by Gasteiger charge is 2.17. The van der Waals surface area contributed by atoms with Crippen LogP contribution in [0.4, 0.5) is 0 Å². The van der Waals surface area contributed by atoms with E-state index in [1.54, 1.807) is 13.3 Å². The van der Waals surface area contributed by atoms with Crippen molar-refractivity contribution in [2.24, 2.45) is 0 Å². The highest BCUT2D eigenvalue weighted by atomic mass is 16.5. The van der Waals surface area contributed by atoms with Crippen LogP contribution >= 0.6 is 0 Å². The molecule has 3 aromatic rings. The van der Waals surface area contributed by atoms with Gasteiger partial charge in [0.2, 0.25) is 0 Å². The fourth-order valence-electron chi connectivity index (χ4n) is 2.24. The third-order valence-electron chi connectivity index (χ3n) is 3.51. The first-order valence-corrected chi connectivity index (χ1v) is 7.41. The average Bonchev–Trinajstić information content (AvgIpc) is 3.04.